The molecule has 2 aromatic carbocycles. The molecule has 0 spiro atoms. The highest BCUT2D eigenvalue weighted by Gasteiger charge is 2.45. The fourth-order valence-corrected chi connectivity index (χ4v) is 4.50. The molecule has 3 aromatic rings. The van der Waals surface area contributed by atoms with Gasteiger partial charge in [-0.25, -0.2) is 4.68 Å². The predicted octanol–water partition coefficient (Wildman–Crippen LogP) is 5.95. The van der Waals surface area contributed by atoms with E-state index in [1.165, 1.54) is 5.56 Å². The number of nitrogens with zero attached hydrogens (tertiary/aromatic N) is 4. The molecule has 164 valence electrons. The molecule has 5 nitrogen and oxygen atoms in total. The van der Waals surface area contributed by atoms with Crippen LogP contribution in [0.4, 0.5) is 5.69 Å². The average Bonchev–Trinajstić information content (AvgIpc) is 3.14. The average molecular weight is 427 g/mol. The number of carbonyl (C=O) groups excluding carboxylic acids is 1. The van der Waals surface area contributed by atoms with Gasteiger partial charge in [0.15, 0.2) is 5.78 Å². The maximum Gasteiger partial charge on any atom is 0.167 e. The van der Waals surface area contributed by atoms with Crippen molar-refractivity contribution in [3.63, 3.8) is 0 Å². The van der Waals surface area contributed by atoms with E-state index in [0.29, 0.717) is 29.3 Å². The fraction of sp³-hybridized carbons (Fsp3) is 0.370. The summed E-state index contributed by atoms with van der Waals surface area (Å²) in [5.74, 6) is 0.0456. The lowest BCUT2D eigenvalue weighted by Gasteiger charge is -2.34. The largest absolute Gasteiger partial charge is 0.378 e. The molecule has 0 aliphatic heterocycles. The zero-order chi connectivity index (χ0) is 23.2. The van der Waals surface area contributed by atoms with E-state index in [9.17, 15) is 10.1 Å². The van der Waals surface area contributed by atoms with E-state index in [0.717, 1.165) is 16.9 Å². The van der Waals surface area contributed by atoms with Crippen molar-refractivity contribution in [3.8, 4) is 23.0 Å². The molecular formula is C27H30N4O. The summed E-state index contributed by atoms with van der Waals surface area (Å²) in [5.41, 5.74) is 5.55. The molecule has 1 atom stereocenters. The van der Waals surface area contributed by atoms with E-state index in [4.69, 9.17) is 5.10 Å². The number of anilines is 1. The fourth-order valence-electron chi connectivity index (χ4n) is 4.50. The summed E-state index contributed by atoms with van der Waals surface area (Å²) in [6, 6.07) is 18.8. The van der Waals surface area contributed by atoms with Gasteiger partial charge in [-0.2, -0.15) is 10.4 Å². The van der Waals surface area contributed by atoms with Crippen molar-refractivity contribution in [1.29, 1.82) is 5.26 Å². The number of ketones is 1. The second-order valence-electron chi connectivity index (χ2n) is 9.86. The Morgan fingerprint density at radius 1 is 1.09 bits per heavy atom. The highest BCUT2D eigenvalue weighted by atomic mass is 16.1. The van der Waals surface area contributed by atoms with Crippen LogP contribution in [0.25, 0.3) is 16.9 Å². The van der Waals surface area contributed by atoms with Crippen LogP contribution in [-0.2, 0) is 0 Å². The van der Waals surface area contributed by atoms with Gasteiger partial charge in [0.1, 0.15) is 5.69 Å². The second-order valence-corrected chi connectivity index (χ2v) is 9.86. The van der Waals surface area contributed by atoms with E-state index in [1.54, 1.807) is 0 Å². The van der Waals surface area contributed by atoms with Gasteiger partial charge in [0.25, 0.3) is 0 Å². The lowest BCUT2D eigenvalue weighted by molar-refractivity contribution is 0.0900. The molecule has 0 saturated heterocycles. The number of hydrogen-bond acceptors (Lipinski definition) is 4. The Bertz CT molecular complexity index is 1190. The van der Waals surface area contributed by atoms with Gasteiger partial charge < -0.3 is 4.90 Å². The van der Waals surface area contributed by atoms with Crippen molar-refractivity contribution in [3.05, 3.63) is 65.4 Å². The number of benzene rings is 2. The van der Waals surface area contributed by atoms with Crippen molar-refractivity contribution < 1.29 is 4.79 Å². The third-order valence-electron chi connectivity index (χ3n) is 6.46. The highest BCUT2D eigenvalue weighted by Crippen LogP contribution is 2.48. The van der Waals surface area contributed by atoms with E-state index in [-0.39, 0.29) is 5.78 Å². The number of hydrogen-bond donors (Lipinski definition) is 0. The summed E-state index contributed by atoms with van der Waals surface area (Å²) in [4.78, 5) is 15.4. The van der Waals surface area contributed by atoms with Crippen molar-refractivity contribution in [2.24, 2.45) is 5.41 Å². The summed E-state index contributed by atoms with van der Waals surface area (Å²) in [7, 11) is 3.99. The lowest BCUT2D eigenvalue weighted by Crippen LogP contribution is -2.32. The molecule has 5 heteroatoms. The van der Waals surface area contributed by atoms with Gasteiger partial charge in [0.2, 0.25) is 0 Å². The Balaban J connectivity index is 1.95. The van der Waals surface area contributed by atoms with Crippen molar-refractivity contribution in [2.45, 2.75) is 46.0 Å². The summed E-state index contributed by atoms with van der Waals surface area (Å²) in [6.07, 6.45) is 0.332. The molecule has 4 rings (SSSR count). The van der Waals surface area contributed by atoms with E-state index in [2.05, 4.69) is 32.0 Å². The minimum absolute atomic E-state index is 0.0493. The van der Waals surface area contributed by atoms with Gasteiger partial charge in [-0.3, -0.25) is 4.79 Å². The first-order chi connectivity index (χ1) is 15.1. The van der Waals surface area contributed by atoms with Crippen LogP contribution in [0, 0.1) is 16.7 Å². The van der Waals surface area contributed by atoms with E-state index in [1.807, 2.05) is 73.9 Å². The normalized spacial score (nSPS) is 17.2. The molecule has 0 N–H and O–H groups in total. The Morgan fingerprint density at radius 3 is 2.25 bits per heavy atom. The molecule has 1 aliphatic carbocycles. The summed E-state index contributed by atoms with van der Waals surface area (Å²) in [6.45, 7) is 8.30. The monoisotopic (exact) mass is 426 g/mol. The maximum absolute atomic E-state index is 13.3. The molecule has 1 aliphatic rings. The third kappa shape index (κ3) is 3.60. The maximum atomic E-state index is 13.3. The highest BCUT2D eigenvalue weighted by molar-refractivity contribution is 6.04. The zero-order valence-corrected chi connectivity index (χ0v) is 19.7. The van der Waals surface area contributed by atoms with Crippen LogP contribution in [0.5, 0.6) is 0 Å². The van der Waals surface area contributed by atoms with Gasteiger partial charge in [0.05, 0.1) is 28.9 Å². The number of Topliss-reactive ketones (excluding diaryl/α,β-unsaturated/α-hetero) is 1. The molecule has 0 radical (unpaired) electrons. The van der Waals surface area contributed by atoms with Gasteiger partial charge in [-0.15, -0.1) is 0 Å². The number of nitriles is 1. The van der Waals surface area contributed by atoms with E-state index < -0.39 is 11.3 Å². The minimum Gasteiger partial charge on any atom is -0.378 e. The quantitative estimate of drug-likeness (QED) is 0.517. The SMILES string of the molecule is CC(C)c1ccc(-n2nc(-c3ccc(N(C)C)cc3)c3c2C(C#N)C(C)(C)CC3=O)cc1. The molecule has 32 heavy (non-hydrogen) atoms. The Hall–Kier alpha value is -3.39. The first kappa shape index (κ1) is 21.8. The number of aromatic nitrogens is 2. The summed E-state index contributed by atoms with van der Waals surface area (Å²) in [5, 5.41) is 15.0. The van der Waals surface area contributed by atoms with Crippen LogP contribution in [0.3, 0.4) is 0 Å². The first-order valence-electron chi connectivity index (χ1n) is 11.1. The Morgan fingerprint density at radius 2 is 1.72 bits per heavy atom. The number of carbonyl (C=O) groups is 1. The standard InChI is InChI=1S/C27H30N4O/c1-17(2)18-7-13-21(14-8-18)31-26-22(16-28)27(3,4)15-23(32)24(26)25(29-31)19-9-11-20(12-10-19)30(5)6/h7-14,17,22H,15H2,1-6H3. The first-order valence-corrected chi connectivity index (χ1v) is 11.1. The molecule has 0 amide bonds. The zero-order valence-electron chi connectivity index (χ0n) is 19.7. The van der Waals surface area contributed by atoms with Gasteiger partial charge in [0, 0.05) is 31.8 Å². The van der Waals surface area contributed by atoms with Crippen molar-refractivity contribution in [1.82, 2.24) is 9.78 Å². The van der Waals surface area contributed by atoms with Crippen LogP contribution >= 0.6 is 0 Å². The molecule has 0 saturated carbocycles. The van der Waals surface area contributed by atoms with Crippen LogP contribution in [0.15, 0.2) is 48.5 Å². The molecule has 0 bridgehead atoms. The number of fused-ring (bicyclic) bond motifs is 1. The number of rotatable bonds is 4. The molecule has 1 aromatic heterocycles. The second kappa shape index (κ2) is 7.94. The summed E-state index contributed by atoms with van der Waals surface area (Å²) < 4.78 is 1.82. The molecule has 1 unspecified atom stereocenters. The van der Waals surface area contributed by atoms with Crippen molar-refractivity contribution in [2.75, 3.05) is 19.0 Å². The lowest BCUT2D eigenvalue weighted by atomic mass is 9.68. The molecule has 1 heterocycles. The smallest absolute Gasteiger partial charge is 0.167 e. The van der Waals surface area contributed by atoms with Gasteiger partial charge >= 0.3 is 0 Å². The van der Waals surface area contributed by atoms with Crippen LogP contribution < -0.4 is 4.90 Å². The van der Waals surface area contributed by atoms with Gasteiger partial charge in [-0.05, 0) is 41.2 Å². The van der Waals surface area contributed by atoms with Gasteiger partial charge in [-0.1, -0.05) is 52.0 Å². The predicted molar refractivity (Wildman–Crippen MR) is 128 cm³/mol. The van der Waals surface area contributed by atoms with Crippen LogP contribution in [0.2, 0.25) is 0 Å². The molecule has 0 fully saturated rings. The minimum atomic E-state index is -0.458. The summed E-state index contributed by atoms with van der Waals surface area (Å²) >= 11 is 0. The van der Waals surface area contributed by atoms with Crippen molar-refractivity contribution >= 4 is 11.5 Å². The van der Waals surface area contributed by atoms with E-state index >= 15 is 0 Å². The van der Waals surface area contributed by atoms with Crippen LogP contribution in [0.1, 0.15) is 67.6 Å². The topological polar surface area (TPSA) is 61.9 Å². The third-order valence-corrected chi connectivity index (χ3v) is 6.46. The Labute approximate surface area is 190 Å². The molecular weight excluding hydrogens is 396 g/mol. The van der Waals surface area contributed by atoms with Crippen LogP contribution in [-0.4, -0.2) is 29.7 Å². The Kier molecular flexibility index (Phi) is 5.42.